The van der Waals surface area contributed by atoms with Gasteiger partial charge >= 0.3 is 6.18 Å². The summed E-state index contributed by atoms with van der Waals surface area (Å²) in [5, 5.41) is 0.621. The van der Waals surface area contributed by atoms with E-state index in [0.29, 0.717) is 12.1 Å². The number of nitrogens with one attached hydrogen (secondary N) is 1. The molecule has 0 fully saturated rings. The molecule has 0 unspecified atom stereocenters. The second-order valence-corrected chi connectivity index (χ2v) is 6.45. The molecule has 0 saturated carbocycles. The summed E-state index contributed by atoms with van der Waals surface area (Å²) in [4.78, 5) is 10.7. The lowest BCUT2D eigenvalue weighted by molar-refractivity contribution is -0.123. The van der Waals surface area contributed by atoms with E-state index in [1.165, 1.54) is 5.32 Å². The Balaban J connectivity index is 3.18. The highest BCUT2D eigenvalue weighted by Crippen LogP contribution is 2.26. The summed E-state index contributed by atoms with van der Waals surface area (Å²) in [5.41, 5.74) is -0.768. The van der Waals surface area contributed by atoms with Gasteiger partial charge < -0.3 is 5.32 Å². The summed E-state index contributed by atoms with van der Waals surface area (Å²) in [7, 11) is 0.590. The minimum Gasteiger partial charge on any atom is -0.343 e. The van der Waals surface area contributed by atoms with E-state index in [1.54, 1.807) is 0 Å². The van der Waals surface area contributed by atoms with Crippen molar-refractivity contribution < 1.29 is 30.8 Å². The Hall–Kier alpha value is -1.06. The number of rotatable bonds is 3. The van der Waals surface area contributed by atoms with Crippen molar-refractivity contribution >= 4 is 37.2 Å². The van der Waals surface area contributed by atoms with Crippen LogP contribution in [-0.2, 0) is 9.05 Å². The molecule has 0 spiro atoms. The maximum atomic E-state index is 13.3. The Labute approximate surface area is 120 Å². The van der Waals surface area contributed by atoms with E-state index in [0.717, 1.165) is 0 Å². The van der Waals surface area contributed by atoms with Crippen LogP contribution in [0.2, 0.25) is 5.02 Å². The molecule has 0 aliphatic rings. The first-order chi connectivity index (χ1) is 8.92. The van der Waals surface area contributed by atoms with E-state index in [9.17, 15) is 30.8 Å². The molecule has 0 bridgehead atoms. The Morgan fingerprint density at radius 3 is 2.30 bits per heavy atom. The van der Waals surface area contributed by atoms with Crippen molar-refractivity contribution in [3.05, 3.63) is 28.5 Å². The van der Waals surface area contributed by atoms with Crippen LogP contribution in [0.15, 0.2) is 17.0 Å². The Morgan fingerprint density at radius 2 is 1.85 bits per heavy atom. The molecule has 0 radical (unpaired) electrons. The fraction of sp³-hybridized carbons (Fsp3) is 0.222. The second-order valence-electron chi connectivity index (χ2n) is 3.50. The molecule has 1 rings (SSSR count). The Bertz CT molecular complexity index is 645. The summed E-state index contributed by atoms with van der Waals surface area (Å²) >= 11 is 5.41. The normalized spacial score (nSPS) is 12.3. The van der Waals surface area contributed by atoms with Crippen molar-refractivity contribution in [3.63, 3.8) is 0 Å². The van der Waals surface area contributed by atoms with Crippen LogP contribution in [0.4, 0.5) is 17.6 Å². The fourth-order valence-corrected chi connectivity index (χ4v) is 2.11. The average Bonchev–Trinajstić information content (AvgIpc) is 2.27. The van der Waals surface area contributed by atoms with Crippen LogP contribution in [-0.4, -0.2) is 27.0 Å². The summed E-state index contributed by atoms with van der Waals surface area (Å²) in [6.07, 6.45) is -4.68. The van der Waals surface area contributed by atoms with Crippen molar-refractivity contribution in [2.24, 2.45) is 0 Å². The number of hydrogen-bond acceptors (Lipinski definition) is 3. The average molecular weight is 354 g/mol. The van der Waals surface area contributed by atoms with Gasteiger partial charge in [0.1, 0.15) is 12.4 Å². The van der Waals surface area contributed by atoms with Crippen molar-refractivity contribution in [1.29, 1.82) is 0 Å². The zero-order valence-corrected chi connectivity index (χ0v) is 11.6. The van der Waals surface area contributed by atoms with Gasteiger partial charge in [-0.05, 0) is 12.1 Å². The second kappa shape index (κ2) is 5.74. The number of halogens is 6. The van der Waals surface area contributed by atoms with E-state index in [4.69, 9.17) is 22.3 Å². The molecule has 0 aliphatic carbocycles. The Kier molecular flexibility index (Phi) is 4.88. The summed E-state index contributed by atoms with van der Waals surface area (Å²) in [5.74, 6) is -2.68. The summed E-state index contributed by atoms with van der Waals surface area (Å²) in [6.45, 7) is -1.68. The summed E-state index contributed by atoms with van der Waals surface area (Å²) < 4.78 is 71.2. The van der Waals surface area contributed by atoms with E-state index >= 15 is 0 Å². The molecule has 0 atom stereocenters. The van der Waals surface area contributed by atoms with E-state index < -0.39 is 49.0 Å². The van der Waals surface area contributed by atoms with Crippen LogP contribution in [0.25, 0.3) is 0 Å². The molecule has 1 N–H and O–H groups in total. The van der Waals surface area contributed by atoms with Crippen LogP contribution in [0, 0.1) is 5.82 Å². The lowest BCUT2D eigenvalue weighted by Crippen LogP contribution is -2.34. The van der Waals surface area contributed by atoms with Crippen LogP contribution < -0.4 is 5.32 Å². The largest absolute Gasteiger partial charge is 0.405 e. The molecule has 0 heterocycles. The van der Waals surface area contributed by atoms with Crippen LogP contribution in [0.1, 0.15) is 10.4 Å². The zero-order valence-electron chi connectivity index (χ0n) is 9.26. The predicted octanol–water partition coefficient (Wildman–Crippen LogP) is 2.70. The number of benzene rings is 1. The van der Waals surface area contributed by atoms with Gasteiger partial charge in [-0.25, -0.2) is 12.8 Å². The Morgan fingerprint density at radius 1 is 1.30 bits per heavy atom. The first kappa shape index (κ1) is 17.0. The molecule has 0 aromatic heterocycles. The van der Waals surface area contributed by atoms with Gasteiger partial charge in [0.15, 0.2) is 0 Å². The standard InChI is InChI=1S/C9H5Cl2F4NO3S/c10-7-5(8(17)16-3-9(13,14)15)1-4(2-6(7)12)20(11,18)19/h1-2H,3H2,(H,16,17). The third-order valence-electron chi connectivity index (χ3n) is 1.98. The highest BCUT2D eigenvalue weighted by atomic mass is 35.7. The van der Waals surface area contributed by atoms with Gasteiger partial charge in [0.05, 0.1) is 15.5 Å². The molecule has 0 saturated heterocycles. The smallest absolute Gasteiger partial charge is 0.343 e. The topological polar surface area (TPSA) is 63.2 Å². The molecule has 1 aromatic rings. The van der Waals surface area contributed by atoms with E-state index in [2.05, 4.69) is 0 Å². The van der Waals surface area contributed by atoms with Gasteiger partial charge in [0, 0.05) is 10.7 Å². The molecule has 4 nitrogen and oxygen atoms in total. The summed E-state index contributed by atoms with van der Waals surface area (Å²) in [6, 6.07) is 1.03. The minimum absolute atomic E-state index is 0.450. The third-order valence-corrected chi connectivity index (χ3v) is 3.69. The van der Waals surface area contributed by atoms with Crippen LogP contribution in [0.5, 0.6) is 0 Å². The minimum atomic E-state index is -4.68. The number of carbonyl (C=O) groups is 1. The van der Waals surface area contributed by atoms with Crippen molar-refractivity contribution in [2.45, 2.75) is 11.1 Å². The van der Waals surface area contributed by atoms with Crippen LogP contribution in [0.3, 0.4) is 0 Å². The monoisotopic (exact) mass is 353 g/mol. The molecule has 112 valence electrons. The molecule has 1 aromatic carbocycles. The predicted molar refractivity (Wildman–Crippen MR) is 62.8 cm³/mol. The molecule has 20 heavy (non-hydrogen) atoms. The van der Waals surface area contributed by atoms with E-state index in [1.807, 2.05) is 0 Å². The SMILES string of the molecule is O=C(NCC(F)(F)F)c1cc(S(=O)(=O)Cl)cc(F)c1Cl. The molecular formula is C9H5Cl2F4NO3S. The van der Waals surface area contributed by atoms with Gasteiger partial charge in [0.25, 0.3) is 15.0 Å². The van der Waals surface area contributed by atoms with Gasteiger partial charge in [-0.15, -0.1) is 0 Å². The van der Waals surface area contributed by atoms with Gasteiger partial charge in [-0.3, -0.25) is 4.79 Å². The first-order valence-corrected chi connectivity index (χ1v) is 7.39. The number of amides is 1. The number of carbonyl (C=O) groups excluding carboxylic acids is 1. The van der Waals surface area contributed by atoms with Crippen molar-refractivity contribution in [3.8, 4) is 0 Å². The number of hydrogen-bond donors (Lipinski definition) is 1. The molecular weight excluding hydrogens is 349 g/mol. The first-order valence-electron chi connectivity index (χ1n) is 4.70. The van der Waals surface area contributed by atoms with Gasteiger partial charge in [-0.2, -0.15) is 13.2 Å². The van der Waals surface area contributed by atoms with Crippen LogP contribution >= 0.6 is 22.3 Å². The van der Waals surface area contributed by atoms with E-state index in [-0.39, 0.29) is 0 Å². The lowest BCUT2D eigenvalue weighted by atomic mass is 10.2. The lowest BCUT2D eigenvalue weighted by Gasteiger charge is -2.10. The third kappa shape index (κ3) is 4.50. The molecule has 11 heteroatoms. The quantitative estimate of drug-likeness (QED) is 0.671. The molecule has 0 aliphatic heterocycles. The highest BCUT2D eigenvalue weighted by molar-refractivity contribution is 8.13. The van der Waals surface area contributed by atoms with Gasteiger partial charge in [-0.1, -0.05) is 11.6 Å². The maximum Gasteiger partial charge on any atom is 0.405 e. The molecule has 1 amide bonds. The number of alkyl halides is 3. The van der Waals surface area contributed by atoms with Gasteiger partial charge in [0.2, 0.25) is 0 Å². The highest BCUT2D eigenvalue weighted by Gasteiger charge is 2.29. The maximum absolute atomic E-state index is 13.3. The van der Waals surface area contributed by atoms with Crippen molar-refractivity contribution in [1.82, 2.24) is 5.32 Å². The van der Waals surface area contributed by atoms with Crippen molar-refractivity contribution in [2.75, 3.05) is 6.54 Å². The fourth-order valence-electron chi connectivity index (χ4n) is 1.15. The zero-order chi connectivity index (χ0) is 15.7.